The van der Waals surface area contributed by atoms with Crippen LogP contribution in [0.15, 0.2) is 24.7 Å². The molecule has 0 unspecified atom stereocenters. The number of aryl methyl sites for hydroxylation is 2. The fourth-order valence-electron chi connectivity index (χ4n) is 2.27. The molecule has 0 atom stereocenters. The minimum Gasteiger partial charge on any atom is -0.370 e. The predicted octanol–water partition coefficient (Wildman–Crippen LogP) is 1.95. The van der Waals surface area contributed by atoms with E-state index in [4.69, 9.17) is 0 Å². The van der Waals surface area contributed by atoms with Gasteiger partial charge in [-0.05, 0) is 30.9 Å². The summed E-state index contributed by atoms with van der Waals surface area (Å²) in [4.78, 5) is 11.7. The van der Waals surface area contributed by atoms with Crippen LogP contribution in [0.1, 0.15) is 23.4 Å². The number of hydrogen-bond donors (Lipinski definition) is 2. The Labute approximate surface area is 101 Å². The summed E-state index contributed by atoms with van der Waals surface area (Å²) < 4.78 is 0. The van der Waals surface area contributed by atoms with Crippen LogP contribution in [0.4, 0.5) is 5.82 Å². The third-order valence-corrected chi connectivity index (χ3v) is 3.18. The molecule has 4 nitrogen and oxygen atoms in total. The van der Waals surface area contributed by atoms with Gasteiger partial charge < -0.3 is 10.3 Å². The lowest BCUT2D eigenvalue weighted by molar-refractivity contribution is 0.898. The highest BCUT2D eigenvalue weighted by Crippen LogP contribution is 2.21. The zero-order chi connectivity index (χ0) is 11.5. The molecule has 0 spiro atoms. The van der Waals surface area contributed by atoms with E-state index in [1.807, 2.05) is 6.20 Å². The maximum Gasteiger partial charge on any atom is 0.126 e. The standard InChI is InChI=1S/C13H16N4/c1-2-10-4-5-13(17-12(10)3-1)15-7-6-11-8-14-9-16-11/h4-5,8-9H,1-3,6-7H2,(H,14,16)(H,15,17). The molecule has 0 fully saturated rings. The lowest BCUT2D eigenvalue weighted by atomic mass is 10.2. The molecule has 2 aromatic rings. The number of nitrogens with zero attached hydrogens (tertiary/aromatic N) is 2. The number of aromatic amines is 1. The molecule has 2 N–H and O–H groups in total. The second-order valence-electron chi connectivity index (χ2n) is 4.41. The summed E-state index contributed by atoms with van der Waals surface area (Å²) in [7, 11) is 0. The Hall–Kier alpha value is -1.84. The normalized spacial score (nSPS) is 13.6. The molecule has 3 rings (SSSR count). The van der Waals surface area contributed by atoms with Gasteiger partial charge in [-0.2, -0.15) is 0 Å². The van der Waals surface area contributed by atoms with E-state index in [9.17, 15) is 0 Å². The van der Waals surface area contributed by atoms with Crippen molar-refractivity contribution >= 4 is 5.82 Å². The molecule has 1 aliphatic carbocycles. The molecule has 88 valence electrons. The highest BCUT2D eigenvalue weighted by atomic mass is 15.0. The van der Waals surface area contributed by atoms with Gasteiger partial charge in [-0.1, -0.05) is 6.07 Å². The van der Waals surface area contributed by atoms with Gasteiger partial charge in [0.25, 0.3) is 0 Å². The maximum absolute atomic E-state index is 4.64. The van der Waals surface area contributed by atoms with Crippen molar-refractivity contribution in [3.63, 3.8) is 0 Å². The van der Waals surface area contributed by atoms with Crippen molar-refractivity contribution in [3.8, 4) is 0 Å². The summed E-state index contributed by atoms with van der Waals surface area (Å²) in [5.41, 5.74) is 3.85. The Bertz CT molecular complexity index is 490. The molecule has 17 heavy (non-hydrogen) atoms. The molecular weight excluding hydrogens is 212 g/mol. The van der Waals surface area contributed by atoms with Gasteiger partial charge in [0.2, 0.25) is 0 Å². The zero-order valence-electron chi connectivity index (χ0n) is 9.74. The fraction of sp³-hybridized carbons (Fsp3) is 0.385. The topological polar surface area (TPSA) is 53.6 Å². The Morgan fingerprint density at radius 3 is 3.18 bits per heavy atom. The van der Waals surface area contributed by atoms with E-state index in [0.29, 0.717) is 0 Å². The van der Waals surface area contributed by atoms with Crippen LogP contribution in [-0.2, 0) is 19.3 Å². The van der Waals surface area contributed by atoms with Crippen LogP contribution >= 0.6 is 0 Å². The summed E-state index contributed by atoms with van der Waals surface area (Å²) in [5.74, 6) is 0.991. The first-order valence-corrected chi connectivity index (χ1v) is 6.12. The molecule has 0 aliphatic heterocycles. The summed E-state index contributed by atoms with van der Waals surface area (Å²) in [6.07, 6.45) is 8.08. The Morgan fingerprint density at radius 1 is 1.29 bits per heavy atom. The maximum atomic E-state index is 4.64. The van der Waals surface area contributed by atoms with Crippen molar-refractivity contribution in [2.24, 2.45) is 0 Å². The highest BCUT2D eigenvalue weighted by Gasteiger charge is 2.11. The van der Waals surface area contributed by atoms with Crippen LogP contribution in [0.2, 0.25) is 0 Å². The number of fused-ring (bicyclic) bond motifs is 1. The average Bonchev–Trinajstić information content (AvgIpc) is 2.98. The smallest absolute Gasteiger partial charge is 0.126 e. The van der Waals surface area contributed by atoms with Gasteiger partial charge in [0.05, 0.1) is 6.33 Å². The van der Waals surface area contributed by atoms with Crippen LogP contribution in [0.25, 0.3) is 0 Å². The molecule has 0 radical (unpaired) electrons. The highest BCUT2D eigenvalue weighted by molar-refractivity contribution is 5.40. The molecular formula is C13H16N4. The molecule has 4 heteroatoms. The first-order chi connectivity index (χ1) is 8.42. The van der Waals surface area contributed by atoms with E-state index in [1.165, 1.54) is 24.1 Å². The minimum atomic E-state index is 0.883. The number of imidazole rings is 1. The lowest BCUT2D eigenvalue weighted by Gasteiger charge is -2.06. The first kappa shape index (κ1) is 10.3. The number of anilines is 1. The van der Waals surface area contributed by atoms with Crippen LogP contribution in [0.3, 0.4) is 0 Å². The number of hydrogen-bond acceptors (Lipinski definition) is 3. The van der Waals surface area contributed by atoms with Gasteiger partial charge >= 0.3 is 0 Å². The van der Waals surface area contributed by atoms with Crippen molar-refractivity contribution in [3.05, 3.63) is 41.6 Å². The van der Waals surface area contributed by atoms with Crippen molar-refractivity contribution in [2.75, 3.05) is 11.9 Å². The van der Waals surface area contributed by atoms with Gasteiger partial charge in [-0.3, -0.25) is 0 Å². The number of nitrogens with one attached hydrogen (secondary N) is 2. The molecule has 0 amide bonds. The summed E-state index contributed by atoms with van der Waals surface area (Å²) in [6.45, 7) is 0.883. The molecule has 0 aromatic carbocycles. The Kier molecular flexibility index (Phi) is 2.78. The zero-order valence-corrected chi connectivity index (χ0v) is 9.74. The Balaban J connectivity index is 1.58. The van der Waals surface area contributed by atoms with E-state index in [2.05, 4.69) is 32.4 Å². The number of pyridine rings is 1. The van der Waals surface area contributed by atoms with Crippen molar-refractivity contribution in [1.82, 2.24) is 15.0 Å². The van der Waals surface area contributed by atoms with Crippen LogP contribution in [-0.4, -0.2) is 21.5 Å². The van der Waals surface area contributed by atoms with Gasteiger partial charge in [-0.25, -0.2) is 9.97 Å². The van der Waals surface area contributed by atoms with Crippen molar-refractivity contribution < 1.29 is 0 Å². The molecule has 1 aliphatic rings. The average molecular weight is 228 g/mol. The largest absolute Gasteiger partial charge is 0.370 e. The SMILES string of the molecule is c1ncc(CCNc2ccc3c(n2)CCC3)[nH]1. The lowest BCUT2D eigenvalue weighted by Crippen LogP contribution is -2.07. The minimum absolute atomic E-state index is 0.883. The number of rotatable bonds is 4. The van der Waals surface area contributed by atoms with Crippen molar-refractivity contribution in [2.45, 2.75) is 25.7 Å². The van der Waals surface area contributed by atoms with E-state index in [0.717, 1.165) is 30.9 Å². The molecule has 0 saturated carbocycles. The van der Waals surface area contributed by atoms with Crippen LogP contribution in [0.5, 0.6) is 0 Å². The predicted molar refractivity (Wildman–Crippen MR) is 67.0 cm³/mol. The summed E-state index contributed by atoms with van der Waals surface area (Å²) >= 11 is 0. The number of aromatic nitrogens is 3. The third kappa shape index (κ3) is 2.30. The van der Waals surface area contributed by atoms with E-state index < -0.39 is 0 Å². The van der Waals surface area contributed by atoms with Crippen LogP contribution in [0, 0.1) is 0 Å². The van der Waals surface area contributed by atoms with Gasteiger partial charge in [0.1, 0.15) is 5.82 Å². The molecule has 2 aromatic heterocycles. The molecule has 2 heterocycles. The van der Waals surface area contributed by atoms with E-state index in [-0.39, 0.29) is 0 Å². The van der Waals surface area contributed by atoms with Gasteiger partial charge in [0, 0.05) is 30.6 Å². The van der Waals surface area contributed by atoms with Crippen LogP contribution < -0.4 is 5.32 Å². The van der Waals surface area contributed by atoms with Crippen molar-refractivity contribution in [1.29, 1.82) is 0 Å². The monoisotopic (exact) mass is 228 g/mol. The van der Waals surface area contributed by atoms with E-state index >= 15 is 0 Å². The third-order valence-electron chi connectivity index (χ3n) is 3.18. The molecule has 0 bridgehead atoms. The van der Waals surface area contributed by atoms with Gasteiger partial charge in [0.15, 0.2) is 0 Å². The van der Waals surface area contributed by atoms with Gasteiger partial charge in [-0.15, -0.1) is 0 Å². The summed E-state index contributed by atoms with van der Waals surface area (Å²) in [6, 6.07) is 4.28. The second kappa shape index (κ2) is 4.57. The summed E-state index contributed by atoms with van der Waals surface area (Å²) in [5, 5.41) is 3.35. The first-order valence-electron chi connectivity index (χ1n) is 6.12. The fourth-order valence-corrected chi connectivity index (χ4v) is 2.27. The Morgan fingerprint density at radius 2 is 2.29 bits per heavy atom. The van der Waals surface area contributed by atoms with E-state index in [1.54, 1.807) is 6.33 Å². The second-order valence-corrected chi connectivity index (χ2v) is 4.41. The number of H-pyrrole nitrogens is 1. The molecule has 0 saturated heterocycles. The quantitative estimate of drug-likeness (QED) is 0.841.